The number of halogens is 2. The summed E-state index contributed by atoms with van der Waals surface area (Å²) in [4.78, 5) is 50.7. The Bertz CT molecular complexity index is 1220. The van der Waals surface area contributed by atoms with E-state index in [1.165, 1.54) is 17.0 Å². The van der Waals surface area contributed by atoms with Crippen LogP contribution >= 0.6 is 0 Å². The molecule has 4 amide bonds. The predicted octanol–water partition coefficient (Wildman–Crippen LogP) is 1.94. The molecule has 1 fully saturated rings. The molecule has 1 unspecified atom stereocenters. The molecule has 7 nitrogen and oxygen atoms in total. The molecule has 2 aliphatic rings. The van der Waals surface area contributed by atoms with Gasteiger partial charge in [0, 0.05) is 30.6 Å². The molecule has 0 spiro atoms. The Balaban J connectivity index is 1.44. The average Bonchev–Trinajstić information content (AvgIpc) is 3.16. The van der Waals surface area contributed by atoms with Gasteiger partial charge in [-0.3, -0.25) is 24.5 Å². The van der Waals surface area contributed by atoms with Crippen LogP contribution in [0.1, 0.15) is 65.2 Å². The van der Waals surface area contributed by atoms with Crippen LogP contribution in [-0.4, -0.2) is 41.8 Å². The zero-order valence-corrected chi connectivity index (χ0v) is 19.8. The third-order valence-electron chi connectivity index (χ3n) is 6.83. The van der Waals surface area contributed by atoms with Crippen molar-refractivity contribution in [3.63, 3.8) is 0 Å². The second-order valence-corrected chi connectivity index (χ2v) is 9.57. The molecule has 4 rings (SSSR count). The molecule has 0 bridgehead atoms. The first-order valence-electron chi connectivity index (χ1n) is 11.5. The molecule has 2 aromatic rings. The van der Waals surface area contributed by atoms with Crippen molar-refractivity contribution in [2.45, 2.75) is 57.1 Å². The van der Waals surface area contributed by atoms with Crippen molar-refractivity contribution in [1.29, 1.82) is 0 Å². The van der Waals surface area contributed by atoms with E-state index < -0.39 is 23.2 Å². The van der Waals surface area contributed by atoms with E-state index in [2.05, 4.69) is 10.6 Å². The number of rotatable bonds is 6. The number of amides is 4. The number of carbonyl (C=O) groups is 4. The predicted molar refractivity (Wildman–Crippen MR) is 126 cm³/mol. The van der Waals surface area contributed by atoms with E-state index in [1.54, 1.807) is 38.2 Å². The first-order valence-corrected chi connectivity index (χ1v) is 11.5. The van der Waals surface area contributed by atoms with Crippen LogP contribution < -0.4 is 10.6 Å². The number of hydrogen-bond donors (Lipinski definition) is 2. The fraction of sp³-hybridized carbons (Fsp3) is 0.360. The zero-order valence-electron chi connectivity index (χ0n) is 19.8. The first-order chi connectivity index (χ1) is 16.4. The molecule has 0 radical (unpaired) electrons. The Hall–Kier alpha value is -3.56. The largest absolute Gasteiger partial charge is 0.349 e. The number of nitrogens with zero attached hydrogens (tertiary/aromatic N) is 1. The number of alkyl halides is 2. The van der Waals surface area contributed by atoms with Gasteiger partial charge in [-0.1, -0.05) is 50.2 Å². The zero-order chi connectivity index (χ0) is 25.5. The summed E-state index contributed by atoms with van der Waals surface area (Å²) >= 11 is 0. The van der Waals surface area contributed by atoms with Gasteiger partial charge in [0.1, 0.15) is 7.85 Å². The van der Waals surface area contributed by atoms with Gasteiger partial charge < -0.3 is 10.2 Å². The minimum absolute atomic E-state index is 0.133. The van der Waals surface area contributed by atoms with Crippen LogP contribution in [0.2, 0.25) is 0 Å². The molecule has 2 heterocycles. The average molecular weight is 481 g/mol. The second-order valence-electron chi connectivity index (χ2n) is 9.57. The van der Waals surface area contributed by atoms with Gasteiger partial charge in [0.2, 0.25) is 11.8 Å². The molecule has 2 aromatic carbocycles. The molecule has 0 aliphatic carbocycles. The summed E-state index contributed by atoms with van der Waals surface area (Å²) in [7, 11) is 1.62. The molecule has 35 heavy (non-hydrogen) atoms. The molecule has 1 atom stereocenters. The molecule has 1 saturated heterocycles. The molecule has 0 aromatic heterocycles. The van der Waals surface area contributed by atoms with Crippen LogP contribution in [-0.2, 0) is 33.4 Å². The SMILES string of the molecule is BC1(N2Cc3cc(CNC(=O)C(F)(F)c4ccc(C(C)C)cc4)ccc3C2=O)CCC(=O)NC1=O. The molecular formula is C25H26BF2N3O4. The monoisotopic (exact) mass is 481 g/mol. The van der Waals surface area contributed by atoms with Gasteiger partial charge >= 0.3 is 5.92 Å². The van der Waals surface area contributed by atoms with E-state index in [0.29, 0.717) is 16.7 Å². The smallest absolute Gasteiger partial charge is 0.346 e. The van der Waals surface area contributed by atoms with E-state index in [9.17, 15) is 28.0 Å². The van der Waals surface area contributed by atoms with Crippen molar-refractivity contribution in [1.82, 2.24) is 15.5 Å². The highest BCUT2D eigenvalue weighted by Crippen LogP contribution is 2.33. The molecule has 0 saturated carbocycles. The standard InChI is InChI=1S/C25H26BF2N3O4/c1-14(2)16-4-6-18(7-5-16)25(27,28)23(35)29-12-15-3-8-19-17(11-15)13-31(21(19)33)24(26)10-9-20(32)30-22(24)34/h3-8,11,14H,9-10,12-13,26H2,1-2H3,(H,29,35)(H,30,32,34). The van der Waals surface area contributed by atoms with Gasteiger partial charge in [-0.05, 0) is 35.1 Å². The lowest BCUT2D eigenvalue weighted by molar-refractivity contribution is -0.147. The summed E-state index contributed by atoms with van der Waals surface area (Å²) < 4.78 is 29.4. The summed E-state index contributed by atoms with van der Waals surface area (Å²) in [5, 5.41) is 4.57. The number of nitrogens with one attached hydrogen (secondary N) is 2. The molecule has 10 heteroatoms. The lowest BCUT2D eigenvalue weighted by Crippen LogP contribution is -2.63. The van der Waals surface area contributed by atoms with Crippen LogP contribution in [0, 0.1) is 0 Å². The highest BCUT2D eigenvalue weighted by molar-refractivity contribution is 6.32. The maximum atomic E-state index is 14.7. The van der Waals surface area contributed by atoms with E-state index in [-0.39, 0.29) is 49.2 Å². The van der Waals surface area contributed by atoms with Crippen LogP contribution in [0.25, 0.3) is 0 Å². The Morgan fingerprint density at radius 2 is 1.86 bits per heavy atom. The minimum atomic E-state index is -3.70. The number of piperidine rings is 1. The lowest BCUT2D eigenvalue weighted by Gasteiger charge is -2.39. The maximum Gasteiger partial charge on any atom is 0.349 e. The van der Waals surface area contributed by atoms with Gasteiger partial charge in [-0.15, -0.1) is 0 Å². The van der Waals surface area contributed by atoms with Gasteiger partial charge in [-0.2, -0.15) is 8.78 Å². The van der Waals surface area contributed by atoms with Crippen molar-refractivity contribution in [2.24, 2.45) is 0 Å². The summed E-state index contributed by atoms with van der Waals surface area (Å²) in [6.45, 7) is 3.90. The minimum Gasteiger partial charge on any atom is -0.346 e. The molecular weight excluding hydrogens is 455 g/mol. The van der Waals surface area contributed by atoms with E-state index >= 15 is 0 Å². The fourth-order valence-electron chi connectivity index (χ4n) is 4.44. The molecule has 182 valence electrons. The Labute approximate surface area is 202 Å². The number of fused-ring (bicyclic) bond motifs is 1. The Morgan fingerprint density at radius 3 is 2.49 bits per heavy atom. The Kier molecular flexibility index (Phi) is 6.25. The summed E-state index contributed by atoms with van der Waals surface area (Å²) in [5.41, 5.74) is 0.937. The van der Waals surface area contributed by atoms with Crippen LogP contribution in [0.15, 0.2) is 42.5 Å². The number of benzene rings is 2. The molecule has 2 aliphatic heterocycles. The van der Waals surface area contributed by atoms with Gasteiger partial charge in [0.25, 0.3) is 11.8 Å². The van der Waals surface area contributed by atoms with Crippen molar-refractivity contribution in [3.8, 4) is 0 Å². The summed E-state index contributed by atoms with van der Waals surface area (Å²) in [5.74, 6) is -6.15. The van der Waals surface area contributed by atoms with E-state index in [1.807, 2.05) is 13.8 Å². The highest BCUT2D eigenvalue weighted by Gasteiger charge is 2.48. The number of hydrogen-bond acceptors (Lipinski definition) is 4. The first kappa shape index (κ1) is 24.6. The molecule has 2 N–H and O–H groups in total. The van der Waals surface area contributed by atoms with Gasteiger partial charge in [0.15, 0.2) is 0 Å². The number of carbonyl (C=O) groups excluding carboxylic acids is 4. The van der Waals surface area contributed by atoms with Crippen molar-refractivity contribution < 1.29 is 28.0 Å². The highest BCUT2D eigenvalue weighted by atomic mass is 19.3. The normalized spacial score (nSPS) is 20.1. The van der Waals surface area contributed by atoms with Crippen molar-refractivity contribution in [2.75, 3.05) is 0 Å². The fourth-order valence-corrected chi connectivity index (χ4v) is 4.44. The lowest BCUT2D eigenvalue weighted by atomic mass is 9.70. The second kappa shape index (κ2) is 8.90. The maximum absolute atomic E-state index is 14.7. The third kappa shape index (κ3) is 4.44. The van der Waals surface area contributed by atoms with Crippen molar-refractivity contribution in [3.05, 3.63) is 70.3 Å². The van der Waals surface area contributed by atoms with Crippen LogP contribution in [0.4, 0.5) is 8.78 Å². The quantitative estimate of drug-likeness (QED) is 0.487. The van der Waals surface area contributed by atoms with Gasteiger partial charge in [0.05, 0.1) is 5.44 Å². The summed E-state index contributed by atoms with van der Waals surface area (Å²) in [6, 6.07) is 10.5. The summed E-state index contributed by atoms with van der Waals surface area (Å²) in [6.07, 6.45) is 0.349. The third-order valence-corrected chi connectivity index (χ3v) is 6.83. The Morgan fingerprint density at radius 1 is 1.17 bits per heavy atom. The topological polar surface area (TPSA) is 95.6 Å². The van der Waals surface area contributed by atoms with Crippen molar-refractivity contribution >= 4 is 31.5 Å². The van der Waals surface area contributed by atoms with E-state index in [0.717, 1.165) is 5.56 Å². The van der Waals surface area contributed by atoms with Crippen LogP contribution in [0.3, 0.4) is 0 Å². The van der Waals surface area contributed by atoms with E-state index in [4.69, 9.17) is 0 Å². The van der Waals surface area contributed by atoms with Gasteiger partial charge in [-0.25, -0.2) is 0 Å². The van der Waals surface area contributed by atoms with Crippen LogP contribution in [0.5, 0.6) is 0 Å². The number of imide groups is 1.